The van der Waals surface area contributed by atoms with Crippen molar-refractivity contribution in [1.82, 2.24) is 0 Å². The van der Waals surface area contributed by atoms with E-state index in [9.17, 15) is 0 Å². The Morgan fingerprint density at radius 1 is 0.500 bits per heavy atom. The molecule has 0 amide bonds. The first-order valence-corrected chi connectivity index (χ1v) is 10.1. The molecule has 0 aromatic heterocycles. The first kappa shape index (κ1) is 18.3. The van der Waals surface area contributed by atoms with E-state index in [1.54, 1.807) is 0 Å². The number of hydrogen-bond donors (Lipinski definition) is 0. The van der Waals surface area contributed by atoms with Crippen LogP contribution in [0, 0.1) is 6.92 Å². The van der Waals surface area contributed by atoms with Gasteiger partial charge in [-0.2, -0.15) is 0 Å². The molecule has 0 saturated heterocycles. The topological polar surface area (TPSA) is 0 Å². The predicted molar refractivity (Wildman–Crippen MR) is 121 cm³/mol. The molecule has 0 aliphatic carbocycles. The number of benzene rings is 4. The third-order valence-corrected chi connectivity index (χ3v) is 5.46. The van der Waals surface area contributed by atoms with E-state index in [1.807, 2.05) is 0 Å². The number of rotatable bonds is 5. The third kappa shape index (κ3) is 3.64. The van der Waals surface area contributed by atoms with Crippen LogP contribution in [0.3, 0.4) is 0 Å². The summed E-state index contributed by atoms with van der Waals surface area (Å²) < 4.78 is 0. The zero-order valence-electron chi connectivity index (χ0n) is 16.7. The molecule has 138 valence electrons. The number of hydrogen-bond acceptors (Lipinski definition) is 0. The first-order chi connectivity index (χ1) is 13.8. The molecule has 0 N–H and O–H groups in total. The Labute approximate surface area is 168 Å². The molecule has 4 rings (SSSR count). The Hall–Kier alpha value is -3.12. The molecule has 0 aliphatic rings. The molecule has 0 atom stereocenters. The van der Waals surface area contributed by atoms with E-state index in [-0.39, 0.29) is 0 Å². The second kappa shape index (κ2) is 8.27. The molecule has 0 bridgehead atoms. The molecule has 0 heterocycles. The molecule has 28 heavy (non-hydrogen) atoms. The van der Waals surface area contributed by atoms with Crippen molar-refractivity contribution >= 4 is 0 Å². The fraction of sp³-hybridized carbons (Fsp3) is 0.143. The summed E-state index contributed by atoms with van der Waals surface area (Å²) in [6.07, 6.45) is 2.28. The lowest BCUT2D eigenvalue weighted by Crippen LogP contribution is -1.93. The van der Waals surface area contributed by atoms with Gasteiger partial charge in [-0.3, -0.25) is 0 Å². The van der Waals surface area contributed by atoms with Crippen LogP contribution >= 0.6 is 0 Å². The normalized spacial score (nSPS) is 10.8. The fourth-order valence-corrected chi connectivity index (χ4v) is 3.98. The monoisotopic (exact) mass is 362 g/mol. The van der Waals surface area contributed by atoms with Crippen LogP contribution in [0.4, 0.5) is 0 Å². The standard InChI is InChI=1S/C28H26/c1-3-10-24-13-7-8-14-28(24)27-16-9-15-26(21(27)2)25-19-17-23(18-20-25)22-11-5-4-6-12-22/h4-9,11-20H,3,10H2,1-2H3. The second-order valence-corrected chi connectivity index (χ2v) is 7.33. The molecule has 0 saturated carbocycles. The summed E-state index contributed by atoms with van der Waals surface area (Å²) in [5, 5.41) is 0. The van der Waals surface area contributed by atoms with Gasteiger partial charge < -0.3 is 0 Å². The van der Waals surface area contributed by atoms with Crippen molar-refractivity contribution in [2.24, 2.45) is 0 Å². The van der Waals surface area contributed by atoms with Crippen molar-refractivity contribution in [1.29, 1.82) is 0 Å². The van der Waals surface area contributed by atoms with Gasteiger partial charge in [0.25, 0.3) is 0 Å². The summed E-state index contributed by atoms with van der Waals surface area (Å²) in [6, 6.07) is 35.0. The molecular formula is C28H26. The minimum atomic E-state index is 1.12. The molecule has 0 fully saturated rings. The smallest absolute Gasteiger partial charge is 0.0146 e. The molecule has 0 heteroatoms. The Kier molecular flexibility index (Phi) is 5.39. The lowest BCUT2D eigenvalue weighted by Gasteiger charge is -2.15. The SMILES string of the molecule is CCCc1ccccc1-c1cccc(-c2ccc(-c3ccccc3)cc2)c1C. The summed E-state index contributed by atoms with van der Waals surface area (Å²) >= 11 is 0. The highest BCUT2D eigenvalue weighted by Crippen LogP contribution is 2.34. The van der Waals surface area contributed by atoms with Crippen LogP contribution in [0.25, 0.3) is 33.4 Å². The van der Waals surface area contributed by atoms with E-state index in [1.165, 1.54) is 44.5 Å². The Morgan fingerprint density at radius 3 is 1.82 bits per heavy atom. The molecule has 4 aromatic carbocycles. The molecule has 4 aromatic rings. The predicted octanol–water partition coefficient (Wildman–Crippen LogP) is 7.95. The maximum Gasteiger partial charge on any atom is -0.0146 e. The summed E-state index contributed by atoms with van der Waals surface area (Å²) in [5.41, 5.74) is 10.6. The van der Waals surface area contributed by atoms with E-state index < -0.39 is 0 Å². The lowest BCUT2D eigenvalue weighted by atomic mass is 9.89. The van der Waals surface area contributed by atoms with Crippen molar-refractivity contribution in [3.63, 3.8) is 0 Å². The van der Waals surface area contributed by atoms with Crippen LogP contribution in [0.5, 0.6) is 0 Å². The number of aryl methyl sites for hydroxylation is 1. The summed E-state index contributed by atoms with van der Waals surface area (Å²) in [7, 11) is 0. The quantitative estimate of drug-likeness (QED) is 0.338. The summed E-state index contributed by atoms with van der Waals surface area (Å²) in [5.74, 6) is 0. The van der Waals surface area contributed by atoms with Gasteiger partial charge in [0.15, 0.2) is 0 Å². The van der Waals surface area contributed by atoms with Crippen LogP contribution in [-0.4, -0.2) is 0 Å². The fourth-order valence-electron chi connectivity index (χ4n) is 3.98. The van der Waals surface area contributed by atoms with Gasteiger partial charge in [0.05, 0.1) is 0 Å². The van der Waals surface area contributed by atoms with Gasteiger partial charge in [0.2, 0.25) is 0 Å². The maximum atomic E-state index is 2.26. The maximum absolute atomic E-state index is 2.26. The highest BCUT2D eigenvalue weighted by molar-refractivity contribution is 5.80. The van der Waals surface area contributed by atoms with Crippen molar-refractivity contribution in [2.75, 3.05) is 0 Å². The van der Waals surface area contributed by atoms with E-state index >= 15 is 0 Å². The third-order valence-electron chi connectivity index (χ3n) is 5.46. The van der Waals surface area contributed by atoms with Crippen LogP contribution in [0.15, 0.2) is 97.1 Å². The molecule has 0 aliphatic heterocycles. The van der Waals surface area contributed by atoms with Crippen molar-refractivity contribution < 1.29 is 0 Å². The minimum absolute atomic E-state index is 1.12. The largest absolute Gasteiger partial charge is 0.0651 e. The molecule has 0 nitrogen and oxygen atoms in total. The van der Waals surface area contributed by atoms with Crippen molar-refractivity contribution in [3.8, 4) is 33.4 Å². The van der Waals surface area contributed by atoms with E-state index in [4.69, 9.17) is 0 Å². The van der Waals surface area contributed by atoms with Crippen LogP contribution in [0.1, 0.15) is 24.5 Å². The molecule has 0 radical (unpaired) electrons. The average Bonchev–Trinajstić information content (AvgIpc) is 2.76. The van der Waals surface area contributed by atoms with Crippen LogP contribution < -0.4 is 0 Å². The van der Waals surface area contributed by atoms with Crippen LogP contribution in [-0.2, 0) is 6.42 Å². The molecule has 0 spiro atoms. The summed E-state index contributed by atoms with van der Waals surface area (Å²) in [4.78, 5) is 0. The van der Waals surface area contributed by atoms with Gasteiger partial charge in [0.1, 0.15) is 0 Å². The summed E-state index contributed by atoms with van der Waals surface area (Å²) in [6.45, 7) is 4.49. The highest BCUT2D eigenvalue weighted by atomic mass is 14.1. The highest BCUT2D eigenvalue weighted by Gasteiger charge is 2.11. The van der Waals surface area contributed by atoms with E-state index in [0.717, 1.165) is 12.8 Å². The van der Waals surface area contributed by atoms with Gasteiger partial charge in [0, 0.05) is 0 Å². The molecule has 0 unspecified atom stereocenters. The lowest BCUT2D eigenvalue weighted by molar-refractivity contribution is 0.923. The van der Waals surface area contributed by atoms with Crippen molar-refractivity contribution in [2.45, 2.75) is 26.7 Å². The van der Waals surface area contributed by atoms with Gasteiger partial charge >= 0.3 is 0 Å². The van der Waals surface area contributed by atoms with Gasteiger partial charge in [-0.15, -0.1) is 0 Å². The first-order valence-electron chi connectivity index (χ1n) is 10.1. The van der Waals surface area contributed by atoms with Gasteiger partial charge in [-0.1, -0.05) is 110 Å². The average molecular weight is 363 g/mol. The Balaban J connectivity index is 1.74. The molecular weight excluding hydrogens is 336 g/mol. The minimum Gasteiger partial charge on any atom is -0.0651 e. The van der Waals surface area contributed by atoms with Crippen LogP contribution in [0.2, 0.25) is 0 Å². The van der Waals surface area contributed by atoms with Gasteiger partial charge in [-0.05, 0) is 57.9 Å². The Bertz CT molecular complexity index is 1060. The Morgan fingerprint density at radius 2 is 1.07 bits per heavy atom. The van der Waals surface area contributed by atoms with E-state index in [2.05, 4.69) is 111 Å². The van der Waals surface area contributed by atoms with Gasteiger partial charge in [-0.25, -0.2) is 0 Å². The zero-order chi connectivity index (χ0) is 19.3. The second-order valence-electron chi connectivity index (χ2n) is 7.33. The van der Waals surface area contributed by atoms with E-state index in [0.29, 0.717) is 0 Å². The van der Waals surface area contributed by atoms with Crippen molar-refractivity contribution in [3.05, 3.63) is 108 Å². The zero-order valence-corrected chi connectivity index (χ0v) is 16.7.